The molecule has 1 aliphatic rings. The lowest BCUT2D eigenvalue weighted by molar-refractivity contribution is 0.0741. The number of aromatic nitrogens is 2. The summed E-state index contributed by atoms with van der Waals surface area (Å²) in [6, 6.07) is 20.1. The fraction of sp³-hybridized carbons (Fsp3) is 0.241. The second-order valence-electron chi connectivity index (χ2n) is 9.07. The highest BCUT2D eigenvalue weighted by Crippen LogP contribution is 2.24. The molecule has 196 valence electrons. The van der Waals surface area contributed by atoms with Crippen molar-refractivity contribution in [1.82, 2.24) is 14.7 Å². The summed E-state index contributed by atoms with van der Waals surface area (Å²) < 4.78 is 40.0. The number of amides is 1. The molecule has 1 aliphatic heterocycles. The zero-order valence-corrected chi connectivity index (χ0v) is 21.0. The topological polar surface area (TPSA) is 59.8 Å². The number of hydrogen-bond donors (Lipinski definition) is 0. The average molecular weight is 519 g/mol. The van der Waals surface area contributed by atoms with Crippen LogP contribution in [0.25, 0.3) is 0 Å². The highest BCUT2D eigenvalue weighted by Gasteiger charge is 2.27. The molecule has 3 aromatic carbocycles. The standard InChI is InChI=1S/C29H28F2N4O3/c1-37-26-10-8-25(9-11-26)33-12-14-34(15-13-33)29(36)27-19-35(18-21-4-2-6-23(30)16-21)32-28(27)38-20-22-5-3-7-24(31)17-22/h2-11,16-17,19H,12-15,18,20H2,1H3. The Kier molecular flexibility index (Phi) is 7.53. The molecule has 0 radical (unpaired) electrons. The van der Waals surface area contributed by atoms with Crippen LogP contribution in [-0.2, 0) is 13.2 Å². The van der Waals surface area contributed by atoms with E-state index in [0.29, 0.717) is 42.9 Å². The molecule has 0 saturated carbocycles. The predicted molar refractivity (Wildman–Crippen MR) is 140 cm³/mol. The second-order valence-corrected chi connectivity index (χ2v) is 9.07. The molecule has 0 atom stereocenters. The summed E-state index contributed by atoms with van der Waals surface area (Å²) in [5.41, 5.74) is 2.71. The van der Waals surface area contributed by atoms with Gasteiger partial charge in [0.2, 0.25) is 5.88 Å². The zero-order valence-electron chi connectivity index (χ0n) is 21.0. The van der Waals surface area contributed by atoms with Gasteiger partial charge in [-0.2, -0.15) is 0 Å². The molecule has 9 heteroatoms. The number of hydrogen-bond acceptors (Lipinski definition) is 5. The van der Waals surface area contributed by atoms with Crippen molar-refractivity contribution in [3.8, 4) is 11.6 Å². The van der Waals surface area contributed by atoms with Crippen LogP contribution >= 0.6 is 0 Å². The number of benzene rings is 3. The van der Waals surface area contributed by atoms with Crippen LogP contribution in [0.1, 0.15) is 21.5 Å². The third kappa shape index (κ3) is 5.94. The fourth-order valence-corrected chi connectivity index (χ4v) is 4.47. The Morgan fingerprint density at radius 3 is 2.21 bits per heavy atom. The summed E-state index contributed by atoms with van der Waals surface area (Å²) in [5, 5.41) is 4.48. The Labute approximate surface area is 219 Å². The molecule has 1 fully saturated rings. The minimum atomic E-state index is -0.367. The zero-order chi connectivity index (χ0) is 26.5. The molecule has 0 aliphatic carbocycles. The average Bonchev–Trinajstić information content (AvgIpc) is 3.34. The number of nitrogens with zero attached hydrogens (tertiary/aromatic N) is 4. The van der Waals surface area contributed by atoms with Gasteiger partial charge in [0.1, 0.15) is 29.6 Å². The summed E-state index contributed by atoms with van der Waals surface area (Å²) in [4.78, 5) is 17.6. The third-order valence-corrected chi connectivity index (χ3v) is 6.46. The van der Waals surface area contributed by atoms with E-state index in [2.05, 4.69) is 10.00 Å². The number of ether oxygens (including phenoxy) is 2. The van der Waals surface area contributed by atoms with E-state index in [-0.39, 0.29) is 36.6 Å². The molecular formula is C29H28F2N4O3. The number of halogens is 2. The van der Waals surface area contributed by atoms with Gasteiger partial charge < -0.3 is 19.3 Å². The number of methoxy groups -OCH3 is 1. The Morgan fingerprint density at radius 1 is 0.895 bits per heavy atom. The first-order valence-electron chi connectivity index (χ1n) is 12.4. The molecule has 0 spiro atoms. The van der Waals surface area contributed by atoms with E-state index in [1.165, 1.54) is 24.3 Å². The molecule has 1 saturated heterocycles. The minimum absolute atomic E-state index is 0.0558. The third-order valence-electron chi connectivity index (χ3n) is 6.46. The van der Waals surface area contributed by atoms with Gasteiger partial charge >= 0.3 is 0 Å². The monoisotopic (exact) mass is 518 g/mol. The molecule has 0 N–H and O–H groups in total. The van der Waals surface area contributed by atoms with E-state index >= 15 is 0 Å². The Morgan fingerprint density at radius 2 is 1.55 bits per heavy atom. The van der Waals surface area contributed by atoms with Gasteiger partial charge in [0, 0.05) is 38.1 Å². The number of anilines is 1. The van der Waals surface area contributed by atoms with Crippen LogP contribution in [-0.4, -0.2) is 53.9 Å². The molecule has 0 unspecified atom stereocenters. The smallest absolute Gasteiger partial charge is 0.261 e. The summed E-state index contributed by atoms with van der Waals surface area (Å²) in [6.45, 7) is 2.74. The largest absolute Gasteiger partial charge is 0.497 e. The first-order chi connectivity index (χ1) is 18.5. The minimum Gasteiger partial charge on any atom is -0.497 e. The number of carbonyl (C=O) groups excluding carboxylic acids is 1. The molecular weight excluding hydrogens is 490 g/mol. The predicted octanol–water partition coefficient (Wildman–Crippen LogP) is 4.76. The van der Waals surface area contributed by atoms with Gasteiger partial charge in [-0.25, -0.2) is 8.78 Å². The van der Waals surface area contributed by atoms with E-state index < -0.39 is 0 Å². The van der Waals surface area contributed by atoms with Crippen molar-refractivity contribution in [1.29, 1.82) is 0 Å². The van der Waals surface area contributed by atoms with Crippen LogP contribution < -0.4 is 14.4 Å². The first-order valence-corrected chi connectivity index (χ1v) is 12.4. The lowest BCUT2D eigenvalue weighted by Gasteiger charge is -2.36. The van der Waals surface area contributed by atoms with Crippen molar-refractivity contribution in [2.24, 2.45) is 0 Å². The summed E-state index contributed by atoms with van der Waals surface area (Å²) in [7, 11) is 1.63. The lowest BCUT2D eigenvalue weighted by Crippen LogP contribution is -2.48. The summed E-state index contributed by atoms with van der Waals surface area (Å²) in [5.74, 6) is 0.0491. The fourth-order valence-electron chi connectivity index (χ4n) is 4.47. The van der Waals surface area contributed by atoms with Gasteiger partial charge in [-0.05, 0) is 59.7 Å². The number of carbonyl (C=O) groups is 1. The van der Waals surface area contributed by atoms with Gasteiger partial charge in [0.05, 0.1) is 13.7 Å². The van der Waals surface area contributed by atoms with Crippen LogP contribution in [0.5, 0.6) is 11.6 Å². The molecule has 38 heavy (non-hydrogen) atoms. The molecule has 0 bridgehead atoms. The molecule has 1 aromatic heterocycles. The van der Waals surface area contributed by atoms with E-state index in [1.807, 2.05) is 24.3 Å². The first kappa shape index (κ1) is 25.3. The second kappa shape index (κ2) is 11.3. The van der Waals surface area contributed by atoms with E-state index in [4.69, 9.17) is 9.47 Å². The molecule has 5 rings (SSSR count). The van der Waals surface area contributed by atoms with Crippen molar-refractivity contribution in [2.75, 3.05) is 38.2 Å². The van der Waals surface area contributed by atoms with Crippen LogP contribution in [0, 0.1) is 11.6 Å². The normalized spacial score (nSPS) is 13.4. The maximum Gasteiger partial charge on any atom is 0.261 e. The van der Waals surface area contributed by atoms with Gasteiger partial charge in [-0.15, -0.1) is 5.10 Å². The van der Waals surface area contributed by atoms with E-state index in [1.54, 1.807) is 47.2 Å². The highest BCUT2D eigenvalue weighted by molar-refractivity contribution is 5.96. The summed E-state index contributed by atoms with van der Waals surface area (Å²) in [6.07, 6.45) is 1.63. The quantitative estimate of drug-likeness (QED) is 0.337. The van der Waals surface area contributed by atoms with Crippen molar-refractivity contribution >= 4 is 11.6 Å². The Bertz CT molecular complexity index is 1400. The molecule has 4 aromatic rings. The van der Waals surface area contributed by atoms with Crippen molar-refractivity contribution in [3.05, 3.63) is 107 Å². The van der Waals surface area contributed by atoms with E-state index in [0.717, 1.165) is 11.4 Å². The lowest BCUT2D eigenvalue weighted by atomic mass is 10.2. The van der Waals surface area contributed by atoms with Gasteiger partial charge in [0.15, 0.2) is 0 Å². The van der Waals surface area contributed by atoms with E-state index in [9.17, 15) is 13.6 Å². The SMILES string of the molecule is COc1ccc(N2CCN(C(=O)c3cn(Cc4cccc(F)c4)nc3OCc3cccc(F)c3)CC2)cc1. The number of rotatable bonds is 8. The van der Waals surface area contributed by atoms with Crippen LogP contribution in [0.2, 0.25) is 0 Å². The maximum atomic E-state index is 13.7. The maximum absolute atomic E-state index is 13.7. The van der Waals surface area contributed by atoms with Crippen molar-refractivity contribution in [2.45, 2.75) is 13.2 Å². The highest BCUT2D eigenvalue weighted by atomic mass is 19.1. The van der Waals surface area contributed by atoms with Gasteiger partial charge in [-0.1, -0.05) is 24.3 Å². The Balaban J connectivity index is 1.32. The van der Waals surface area contributed by atoms with Crippen LogP contribution in [0.4, 0.5) is 14.5 Å². The van der Waals surface area contributed by atoms with Crippen molar-refractivity contribution < 1.29 is 23.0 Å². The van der Waals surface area contributed by atoms with Crippen LogP contribution in [0.15, 0.2) is 79.0 Å². The molecule has 2 heterocycles. The summed E-state index contributed by atoms with van der Waals surface area (Å²) >= 11 is 0. The Hall–Kier alpha value is -4.40. The molecule has 7 nitrogen and oxygen atoms in total. The van der Waals surface area contributed by atoms with Crippen LogP contribution in [0.3, 0.4) is 0 Å². The molecule has 1 amide bonds. The van der Waals surface area contributed by atoms with Gasteiger partial charge in [0.25, 0.3) is 5.91 Å². The number of piperazine rings is 1. The van der Waals surface area contributed by atoms with Gasteiger partial charge in [-0.3, -0.25) is 9.48 Å². The van der Waals surface area contributed by atoms with Crippen molar-refractivity contribution in [3.63, 3.8) is 0 Å².